The zero-order chi connectivity index (χ0) is 13.8. The molecule has 0 aliphatic rings. The maximum absolute atomic E-state index is 8.10. The second-order valence-corrected chi connectivity index (χ2v) is 4.73. The minimum Gasteiger partial charge on any atom is -0.497 e. The SMILES string of the molecule is C=C(C)CCCC#N.COc1cccc(SC)c1. The molecule has 0 atom stereocenters. The molecular weight excluding hydrogens is 242 g/mol. The molecule has 0 saturated carbocycles. The number of ether oxygens (including phenoxy) is 1. The Morgan fingerprint density at radius 3 is 2.72 bits per heavy atom. The van der Waals surface area contributed by atoms with Gasteiger partial charge in [-0.05, 0) is 44.2 Å². The lowest BCUT2D eigenvalue weighted by molar-refractivity contribution is 0.413. The molecular formula is C15H21NOS. The smallest absolute Gasteiger partial charge is 0.119 e. The number of thioether (sulfide) groups is 1. The summed E-state index contributed by atoms with van der Waals surface area (Å²) in [5.41, 5.74) is 1.17. The average molecular weight is 263 g/mol. The Bertz CT molecular complexity index is 376. The molecule has 0 spiro atoms. The Hall–Kier alpha value is -1.40. The van der Waals surface area contributed by atoms with Crippen LogP contribution in [-0.2, 0) is 0 Å². The third kappa shape index (κ3) is 8.72. The molecule has 0 unspecified atom stereocenters. The molecule has 0 saturated heterocycles. The van der Waals surface area contributed by atoms with Crippen LogP contribution in [0.2, 0.25) is 0 Å². The first-order chi connectivity index (χ1) is 8.63. The topological polar surface area (TPSA) is 33.0 Å². The van der Waals surface area contributed by atoms with E-state index in [9.17, 15) is 0 Å². The van der Waals surface area contributed by atoms with E-state index < -0.39 is 0 Å². The van der Waals surface area contributed by atoms with E-state index >= 15 is 0 Å². The van der Waals surface area contributed by atoms with E-state index in [2.05, 4.69) is 25.0 Å². The molecule has 98 valence electrons. The molecule has 0 radical (unpaired) electrons. The fraction of sp³-hybridized carbons (Fsp3) is 0.400. The summed E-state index contributed by atoms with van der Waals surface area (Å²) >= 11 is 1.72. The van der Waals surface area contributed by atoms with E-state index in [4.69, 9.17) is 10.00 Å². The molecule has 1 rings (SSSR count). The molecule has 2 nitrogen and oxygen atoms in total. The fourth-order valence-electron chi connectivity index (χ4n) is 1.20. The number of unbranched alkanes of at least 4 members (excludes halogenated alkanes) is 1. The van der Waals surface area contributed by atoms with Gasteiger partial charge in [0.15, 0.2) is 0 Å². The molecule has 0 aliphatic carbocycles. The van der Waals surface area contributed by atoms with Crippen molar-refractivity contribution in [2.45, 2.75) is 31.1 Å². The largest absolute Gasteiger partial charge is 0.497 e. The summed E-state index contributed by atoms with van der Waals surface area (Å²) in [5, 5.41) is 8.10. The van der Waals surface area contributed by atoms with Crippen LogP contribution in [0.5, 0.6) is 5.75 Å². The van der Waals surface area contributed by atoms with Crippen molar-refractivity contribution in [1.82, 2.24) is 0 Å². The van der Waals surface area contributed by atoms with Crippen molar-refractivity contribution in [2.75, 3.05) is 13.4 Å². The number of hydrogen-bond acceptors (Lipinski definition) is 3. The lowest BCUT2D eigenvalue weighted by Gasteiger charge is -1.99. The van der Waals surface area contributed by atoms with Crippen LogP contribution in [0.4, 0.5) is 0 Å². The predicted molar refractivity (Wildman–Crippen MR) is 79.1 cm³/mol. The van der Waals surface area contributed by atoms with E-state index in [-0.39, 0.29) is 0 Å². The number of hydrogen-bond donors (Lipinski definition) is 0. The van der Waals surface area contributed by atoms with E-state index in [0.717, 1.165) is 18.6 Å². The predicted octanol–water partition coefficient (Wildman–Crippen LogP) is 4.67. The molecule has 0 N–H and O–H groups in total. The first kappa shape index (κ1) is 16.6. The highest BCUT2D eigenvalue weighted by Crippen LogP contribution is 2.19. The van der Waals surface area contributed by atoms with Gasteiger partial charge in [-0.25, -0.2) is 0 Å². The normalized spacial score (nSPS) is 8.78. The van der Waals surface area contributed by atoms with Gasteiger partial charge in [0.2, 0.25) is 0 Å². The summed E-state index contributed by atoms with van der Waals surface area (Å²) < 4.78 is 5.04. The second-order valence-electron chi connectivity index (χ2n) is 3.85. The van der Waals surface area contributed by atoms with Gasteiger partial charge in [-0.3, -0.25) is 0 Å². The van der Waals surface area contributed by atoms with Crippen LogP contribution in [0.15, 0.2) is 41.3 Å². The maximum atomic E-state index is 8.10. The Balaban J connectivity index is 0.000000331. The number of nitriles is 1. The number of nitrogens with zero attached hydrogens (tertiary/aromatic N) is 1. The van der Waals surface area contributed by atoms with Gasteiger partial charge in [0.1, 0.15) is 5.75 Å². The third-order valence-corrected chi connectivity index (χ3v) is 2.89. The van der Waals surface area contributed by atoms with Crippen LogP contribution >= 0.6 is 11.8 Å². The van der Waals surface area contributed by atoms with Crippen molar-refractivity contribution in [2.24, 2.45) is 0 Å². The lowest BCUT2D eigenvalue weighted by atomic mass is 10.1. The quantitative estimate of drug-likeness (QED) is 0.439. The highest BCUT2D eigenvalue weighted by molar-refractivity contribution is 7.98. The zero-order valence-corrected chi connectivity index (χ0v) is 12.2. The number of rotatable bonds is 5. The Morgan fingerprint density at radius 2 is 2.22 bits per heavy atom. The third-order valence-electron chi connectivity index (χ3n) is 2.17. The van der Waals surface area contributed by atoms with Gasteiger partial charge in [0, 0.05) is 11.3 Å². The van der Waals surface area contributed by atoms with E-state index in [1.54, 1.807) is 18.9 Å². The summed E-state index contributed by atoms with van der Waals surface area (Å²) in [5.74, 6) is 0.923. The molecule has 3 heteroatoms. The van der Waals surface area contributed by atoms with Crippen molar-refractivity contribution < 1.29 is 4.74 Å². The van der Waals surface area contributed by atoms with Crippen molar-refractivity contribution in [3.05, 3.63) is 36.4 Å². The second kappa shape index (κ2) is 10.7. The van der Waals surface area contributed by atoms with Crippen LogP contribution in [-0.4, -0.2) is 13.4 Å². The molecule has 1 aromatic rings. The van der Waals surface area contributed by atoms with Gasteiger partial charge in [0.25, 0.3) is 0 Å². The molecule has 0 fully saturated rings. The minimum atomic E-state index is 0.660. The van der Waals surface area contributed by atoms with Crippen molar-refractivity contribution in [3.8, 4) is 11.8 Å². The van der Waals surface area contributed by atoms with Gasteiger partial charge < -0.3 is 4.74 Å². The highest BCUT2D eigenvalue weighted by atomic mass is 32.2. The Morgan fingerprint density at radius 1 is 1.50 bits per heavy atom. The number of allylic oxidation sites excluding steroid dienone is 1. The zero-order valence-electron chi connectivity index (χ0n) is 11.4. The van der Waals surface area contributed by atoms with Crippen LogP contribution < -0.4 is 4.74 Å². The minimum absolute atomic E-state index is 0.660. The molecule has 0 bridgehead atoms. The summed E-state index contributed by atoms with van der Waals surface area (Å²) in [6, 6.07) is 10.1. The van der Waals surface area contributed by atoms with Gasteiger partial charge >= 0.3 is 0 Å². The Labute approximate surface area is 115 Å². The Kier molecular flexibility index (Phi) is 9.90. The van der Waals surface area contributed by atoms with E-state index in [1.165, 1.54) is 10.5 Å². The molecule has 1 aromatic carbocycles. The van der Waals surface area contributed by atoms with Gasteiger partial charge in [0.05, 0.1) is 13.2 Å². The lowest BCUT2D eigenvalue weighted by Crippen LogP contribution is -1.81. The van der Waals surface area contributed by atoms with Crippen molar-refractivity contribution in [3.63, 3.8) is 0 Å². The van der Waals surface area contributed by atoms with E-state index in [0.29, 0.717) is 6.42 Å². The summed E-state index contributed by atoms with van der Waals surface area (Å²) in [4.78, 5) is 1.24. The first-order valence-corrected chi connectivity index (χ1v) is 7.06. The first-order valence-electron chi connectivity index (χ1n) is 5.83. The van der Waals surface area contributed by atoms with Gasteiger partial charge in [-0.1, -0.05) is 11.6 Å². The average Bonchev–Trinajstić information content (AvgIpc) is 2.39. The van der Waals surface area contributed by atoms with Gasteiger partial charge in [-0.15, -0.1) is 18.3 Å². The van der Waals surface area contributed by atoms with Crippen LogP contribution in [0, 0.1) is 11.3 Å². The summed E-state index contributed by atoms with van der Waals surface area (Å²) in [7, 11) is 1.68. The molecule has 0 aliphatic heterocycles. The molecule has 18 heavy (non-hydrogen) atoms. The van der Waals surface area contributed by atoms with Crippen LogP contribution in [0.1, 0.15) is 26.2 Å². The summed E-state index contributed by atoms with van der Waals surface area (Å²) in [6.07, 6.45) is 4.67. The molecule has 0 heterocycles. The van der Waals surface area contributed by atoms with Crippen LogP contribution in [0.25, 0.3) is 0 Å². The van der Waals surface area contributed by atoms with Crippen molar-refractivity contribution >= 4 is 11.8 Å². The molecule has 0 aromatic heterocycles. The number of methoxy groups -OCH3 is 1. The van der Waals surface area contributed by atoms with Crippen molar-refractivity contribution in [1.29, 1.82) is 5.26 Å². The maximum Gasteiger partial charge on any atom is 0.119 e. The van der Waals surface area contributed by atoms with Gasteiger partial charge in [-0.2, -0.15) is 5.26 Å². The number of benzene rings is 1. The van der Waals surface area contributed by atoms with E-state index in [1.807, 2.05) is 25.1 Å². The standard InChI is InChI=1S/C8H10OS.C7H11N/c1-9-7-4-3-5-8(6-7)10-2;1-7(2)5-3-4-6-8/h3-6H,1-2H3;1,3-5H2,2H3. The molecule has 0 amide bonds. The monoisotopic (exact) mass is 263 g/mol. The summed E-state index contributed by atoms with van der Waals surface area (Å²) in [6.45, 7) is 5.70. The fourth-order valence-corrected chi connectivity index (χ4v) is 1.65. The van der Waals surface area contributed by atoms with Crippen LogP contribution in [0.3, 0.4) is 0 Å². The highest BCUT2D eigenvalue weighted by Gasteiger charge is 1.91.